The van der Waals surface area contributed by atoms with Crippen LogP contribution in [-0.4, -0.2) is 52.8 Å². The summed E-state index contributed by atoms with van der Waals surface area (Å²) in [5, 5.41) is 0. The molecular weight excluding hydrogens is 314 g/mol. The van der Waals surface area contributed by atoms with Gasteiger partial charge in [-0.3, -0.25) is 0 Å². The average Bonchev–Trinajstić information content (AvgIpc) is 2.36. The Hall–Kier alpha value is -1.12. The van der Waals surface area contributed by atoms with E-state index in [0.717, 1.165) is 10.6 Å². The fraction of sp³-hybridized carbons (Fsp3) is 0.538. The molecule has 0 fully saturated rings. The predicted octanol–water partition coefficient (Wildman–Crippen LogP) is 1.14. The number of ether oxygens (including phenoxy) is 1. The van der Waals surface area contributed by atoms with E-state index in [2.05, 4.69) is 0 Å². The summed E-state index contributed by atoms with van der Waals surface area (Å²) in [6, 6.07) is 5.50. The minimum Gasteiger partial charge on any atom is -0.494 e. The molecule has 0 aliphatic heterocycles. The summed E-state index contributed by atoms with van der Waals surface area (Å²) in [7, 11) is -5.65. The number of benzene rings is 1. The van der Waals surface area contributed by atoms with Gasteiger partial charge < -0.3 is 4.74 Å². The van der Waals surface area contributed by atoms with Gasteiger partial charge in [0.05, 0.1) is 17.3 Å². The normalized spacial score (nSPS) is 14.1. The smallest absolute Gasteiger partial charge is 0.243 e. The number of hydrogen-bond donors (Lipinski definition) is 0. The number of sulfone groups is 1. The average molecular weight is 335 g/mol. The van der Waals surface area contributed by atoms with Crippen molar-refractivity contribution in [3.63, 3.8) is 0 Å². The Morgan fingerprint density at radius 3 is 2.38 bits per heavy atom. The molecule has 0 saturated heterocycles. The third kappa shape index (κ3) is 4.98. The molecule has 0 aromatic heterocycles. The summed E-state index contributed by atoms with van der Waals surface area (Å²) in [6.07, 6.45) is 1.08. The van der Waals surface area contributed by atoms with Crippen LogP contribution < -0.4 is 4.74 Å². The molecule has 1 aromatic carbocycles. The molecule has 0 radical (unpaired) electrons. The Bertz CT molecular complexity index is 682. The van der Waals surface area contributed by atoms with E-state index in [0.29, 0.717) is 12.4 Å². The number of nitrogens with zero attached hydrogens (tertiary/aromatic N) is 1. The van der Waals surface area contributed by atoms with Gasteiger partial charge in [0, 0.05) is 25.4 Å². The molecule has 0 aliphatic carbocycles. The van der Waals surface area contributed by atoms with E-state index in [9.17, 15) is 16.8 Å². The molecule has 0 spiro atoms. The molecule has 21 heavy (non-hydrogen) atoms. The zero-order chi connectivity index (χ0) is 16.3. The van der Waals surface area contributed by atoms with Crippen molar-refractivity contribution in [2.24, 2.45) is 0 Å². The van der Waals surface area contributed by atoms with Gasteiger partial charge in [0.25, 0.3) is 0 Å². The monoisotopic (exact) mass is 335 g/mol. The van der Waals surface area contributed by atoms with Gasteiger partial charge in [0.2, 0.25) is 10.0 Å². The highest BCUT2D eigenvalue weighted by atomic mass is 32.2. The minimum absolute atomic E-state index is 0.0799. The third-order valence-corrected chi connectivity index (χ3v) is 6.01. The summed E-state index contributed by atoms with van der Waals surface area (Å²) >= 11 is 0. The van der Waals surface area contributed by atoms with Gasteiger partial charge in [-0.05, 0) is 26.0 Å². The summed E-state index contributed by atoms with van der Waals surface area (Å²) in [4.78, 5) is 0.0799. The Morgan fingerprint density at radius 2 is 1.86 bits per heavy atom. The summed E-state index contributed by atoms with van der Waals surface area (Å²) in [6.45, 7) is 3.80. The molecule has 0 bridgehead atoms. The second kappa shape index (κ2) is 6.76. The molecule has 0 N–H and O–H groups in total. The van der Waals surface area contributed by atoms with Crippen molar-refractivity contribution in [1.29, 1.82) is 0 Å². The van der Waals surface area contributed by atoms with Crippen LogP contribution in [-0.2, 0) is 19.9 Å². The molecule has 8 heteroatoms. The van der Waals surface area contributed by atoms with Gasteiger partial charge >= 0.3 is 0 Å². The maximum Gasteiger partial charge on any atom is 0.243 e. The van der Waals surface area contributed by atoms with E-state index in [-0.39, 0.29) is 10.6 Å². The Labute approximate surface area is 126 Å². The maximum absolute atomic E-state index is 12.5. The quantitative estimate of drug-likeness (QED) is 0.746. The van der Waals surface area contributed by atoms with Crippen LogP contribution in [0.3, 0.4) is 0 Å². The highest BCUT2D eigenvalue weighted by molar-refractivity contribution is 7.91. The second-order valence-corrected chi connectivity index (χ2v) is 9.05. The number of hydrogen-bond acceptors (Lipinski definition) is 5. The van der Waals surface area contributed by atoms with E-state index in [1.807, 2.05) is 6.92 Å². The van der Waals surface area contributed by atoms with Crippen molar-refractivity contribution in [2.45, 2.75) is 24.8 Å². The van der Waals surface area contributed by atoms with Crippen molar-refractivity contribution in [3.05, 3.63) is 24.3 Å². The lowest BCUT2D eigenvalue weighted by Crippen LogP contribution is -2.39. The topological polar surface area (TPSA) is 80.8 Å². The van der Waals surface area contributed by atoms with Crippen molar-refractivity contribution < 1.29 is 21.6 Å². The van der Waals surface area contributed by atoms with Crippen LogP contribution >= 0.6 is 0 Å². The first-order chi connectivity index (χ1) is 9.58. The van der Waals surface area contributed by atoms with Crippen LogP contribution in [0.1, 0.15) is 13.8 Å². The summed E-state index contributed by atoms with van der Waals surface area (Å²) in [5.74, 6) is 0.233. The Morgan fingerprint density at radius 1 is 1.24 bits per heavy atom. The highest BCUT2D eigenvalue weighted by Gasteiger charge is 2.27. The molecule has 1 aromatic rings. The standard InChI is InChI=1S/C13H21NO5S2/c1-5-19-12-7-6-8-13(9-12)21(17,18)14(3)11(2)10-20(4,15)16/h6-9,11H,5,10H2,1-4H3. The lowest BCUT2D eigenvalue weighted by molar-refractivity contribution is 0.339. The predicted molar refractivity (Wildman–Crippen MR) is 81.7 cm³/mol. The van der Waals surface area contributed by atoms with Crippen LogP contribution in [0.2, 0.25) is 0 Å². The summed E-state index contributed by atoms with van der Waals surface area (Å²) < 4.78 is 53.9. The van der Waals surface area contributed by atoms with Crippen LogP contribution in [0.5, 0.6) is 5.75 Å². The van der Waals surface area contributed by atoms with Gasteiger partial charge in [-0.2, -0.15) is 4.31 Å². The van der Waals surface area contributed by atoms with Crippen LogP contribution in [0.4, 0.5) is 0 Å². The summed E-state index contributed by atoms with van der Waals surface area (Å²) in [5.41, 5.74) is 0. The van der Waals surface area contributed by atoms with E-state index in [1.165, 1.54) is 19.2 Å². The van der Waals surface area contributed by atoms with Crippen molar-refractivity contribution in [3.8, 4) is 5.75 Å². The fourth-order valence-corrected chi connectivity index (χ4v) is 4.43. The van der Waals surface area contributed by atoms with Gasteiger partial charge in [-0.15, -0.1) is 0 Å². The Kier molecular flexibility index (Phi) is 5.77. The number of rotatable bonds is 7. The SMILES string of the molecule is CCOc1cccc(S(=O)(=O)N(C)C(C)CS(C)(=O)=O)c1. The largest absolute Gasteiger partial charge is 0.494 e. The van der Waals surface area contributed by atoms with Gasteiger partial charge in [-0.25, -0.2) is 16.8 Å². The van der Waals surface area contributed by atoms with Crippen LogP contribution in [0.25, 0.3) is 0 Å². The van der Waals surface area contributed by atoms with E-state index >= 15 is 0 Å². The van der Waals surface area contributed by atoms with E-state index < -0.39 is 25.9 Å². The third-order valence-electron chi connectivity index (χ3n) is 2.96. The lowest BCUT2D eigenvalue weighted by atomic mass is 10.3. The molecule has 0 amide bonds. The molecule has 0 saturated carbocycles. The fourth-order valence-electron chi connectivity index (χ4n) is 1.84. The first-order valence-electron chi connectivity index (χ1n) is 6.46. The van der Waals surface area contributed by atoms with E-state index in [1.54, 1.807) is 19.1 Å². The molecule has 120 valence electrons. The Balaban J connectivity index is 3.07. The van der Waals surface area contributed by atoms with Crippen molar-refractivity contribution in [2.75, 3.05) is 25.7 Å². The number of sulfonamides is 1. The molecule has 0 aliphatic rings. The van der Waals surface area contributed by atoms with Crippen LogP contribution in [0.15, 0.2) is 29.2 Å². The molecule has 1 rings (SSSR count). The van der Waals surface area contributed by atoms with Gasteiger partial charge in [0.1, 0.15) is 15.6 Å². The molecule has 1 atom stereocenters. The van der Waals surface area contributed by atoms with Crippen LogP contribution in [0, 0.1) is 0 Å². The van der Waals surface area contributed by atoms with E-state index in [4.69, 9.17) is 4.74 Å². The van der Waals surface area contributed by atoms with Crippen molar-refractivity contribution in [1.82, 2.24) is 4.31 Å². The molecule has 0 heterocycles. The zero-order valence-corrected chi connectivity index (χ0v) is 14.2. The molecule has 1 unspecified atom stereocenters. The lowest BCUT2D eigenvalue weighted by Gasteiger charge is -2.23. The van der Waals surface area contributed by atoms with Gasteiger partial charge in [0.15, 0.2) is 0 Å². The highest BCUT2D eigenvalue weighted by Crippen LogP contribution is 2.21. The van der Waals surface area contributed by atoms with Gasteiger partial charge in [-0.1, -0.05) is 6.07 Å². The first kappa shape index (κ1) is 17.9. The second-order valence-electron chi connectivity index (χ2n) is 4.87. The minimum atomic E-state index is -3.76. The molecule has 6 nitrogen and oxygen atoms in total. The molecular formula is C13H21NO5S2. The van der Waals surface area contributed by atoms with Crippen molar-refractivity contribution >= 4 is 19.9 Å². The maximum atomic E-state index is 12.5. The zero-order valence-electron chi connectivity index (χ0n) is 12.6. The first-order valence-corrected chi connectivity index (χ1v) is 9.96.